The third kappa shape index (κ3) is 2.98. The molecule has 0 unspecified atom stereocenters. The van der Waals surface area contributed by atoms with Crippen molar-refractivity contribution < 1.29 is 26.7 Å². The Hall–Kier alpha value is -0.930. The van der Waals surface area contributed by atoms with E-state index in [9.17, 15) is 26.7 Å². The van der Waals surface area contributed by atoms with Crippen molar-refractivity contribution >= 4 is 28.5 Å². The van der Waals surface area contributed by atoms with Gasteiger partial charge in [0.1, 0.15) is 0 Å². The monoisotopic (exact) mass is 391 g/mol. The van der Waals surface area contributed by atoms with Crippen molar-refractivity contribution in [2.75, 3.05) is 13.1 Å². The molecule has 1 aliphatic heterocycles. The smallest absolute Gasteiger partial charge is 0.326 e. The first kappa shape index (κ1) is 14.5. The molecule has 0 bridgehead atoms. The molecule has 1 saturated heterocycles. The van der Waals surface area contributed by atoms with E-state index in [4.69, 9.17) is 0 Å². The predicted octanol–water partition coefficient (Wildman–Crippen LogP) is 3.40. The molecule has 0 N–H and O–H groups in total. The molecule has 0 radical (unpaired) electrons. The molecular formula is C11H7F5INO. The van der Waals surface area contributed by atoms with E-state index in [1.165, 1.54) is 0 Å². The Kier molecular flexibility index (Phi) is 3.48. The van der Waals surface area contributed by atoms with Gasteiger partial charge in [-0.05, 0) is 40.8 Å². The first-order valence-corrected chi connectivity index (χ1v) is 6.22. The van der Waals surface area contributed by atoms with Crippen molar-refractivity contribution in [1.82, 2.24) is 4.90 Å². The molecule has 0 aromatic heterocycles. The van der Waals surface area contributed by atoms with Gasteiger partial charge in [-0.2, -0.15) is 13.2 Å². The van der Waals surface area contributed by atoms with Gasteiger partial charge in [-0.3, -0.25) is 4.79 Å². The Bertz CT molecular complexity index is 520. The van der Waals surface area contributed by atoms with E-state index in [2.05, 4.69) is 0 Å². The fourth-order valence-electron chi connectivity index (χ4n) is 1.69. The largest absolute Gasteiger partial charge is 0.416 e. The number of carbonyl (C=O) groups is 1. The lowest BCUT2D eigenvalue weighted by molar-refractivity contribution is -0.137. The van der Waals surface area contributed by atoms with Crippen LogP contribution in [0.15, 0.2) is 18.2 Å². The minimum absolute atomic E-state index is 0.203. The third-order valence-corrected chi connectivity index (χ3v) is 3.60. The first-order chi connectivity index (χ1) is 8.60. The lowest BCUT2D eigenvalue weighted by Crippen LogP contribution is -2.58. The Labute approximate surface area is 118 Å². The number of rotatable bonds is 1. The molecular weight excluding hydrogens is 384 g/mol. The zero-order valence-corrected chi connectivity index (χ0v) is 11.4. The van der Waals surface area contributed by atoms with Gasteiger partial charge in [0.2, 0.25) is 0 Å². The Morgan fingerprint density at radius 3 is 2.32 bits per heavy atom. The summed E-state index contributed by atoms with van der Waals surface area (Å²) in [5.74, 6) is -3.75. The number of benzene rings is 1. The SMILES string of the molecule is O=C(c1cc(C(F)(F)F)ccc1I)N1CC(F)(F)C1. The van der Waals surface area contributed by atoms with E-state index in [-0.39, 0.29) is 5.56 Å². The summed E-state index contributed by atoms with van der Waals surface area (Å²) in [5, 5.41) is 0. The number of carbonyl (C=O) groups excluding carboxylic acids is 1. The maximum absolute atomic E-state index is 12.7. The summed E-state index contributed by atoms with van der Waals surface area (Å²) in [7, 11) is 0. The number of nitrogens with zero attached hydrogens (tertiary/aromatic N) is 1. The molecule has 2 rings (SSSR count). The molecule has 1 amide bonds. The van der Waals surface area contributed by atoms with Crippen LogP contribution in [0.5, 0.6) is 0 Å². The van der Waals surface area contributed by atoms with Crippen molar-refractivity contribution in [3.8, 4) is 0 Å². The van der Waals surface area contributed by atoms with Gasteiger partial charge in [0.25, 0.3) is 11.8 Å². The Morgan fingerprint density at radius 2 is 1.84 bits per heavy atom. The second-order valence-electron chi connectivity index (χ2n) is 4.21. The van der Waals surface area contributed by atoms with E-state index in [1.54, 1.807) is 22.6 Å². The third-order valence-electron chi connectivity index (χ3n) is 2.66. The quantitative estimate of drug-likeness (QED) is 0.531. The molecule has 0 spiro atoms. The van der Waals surface area contributed by atoms with E-state index >= 15 is 0 Å². The van der Waals surface area contributed by atoms with Crippen LogP contribution in [0, 0.1) is 3.57 Å². The van der Waals surface area contributed by atoms with Crippen LogP contribution in [0.4, 0.5) is 22.0 Å². The molecule has 0 atom stereocenters. The van der Waals surface area contributed by atoms with Gasteiger partial charge in [0.15, 0.2) is 0 Å². The van der Waals surface area contributed by atoms with Crippen LogP contribution in [0.3, 0.4) is 0 Å². The number of hydrogen-bond acceptors (Lipinski definition) is 1. The number of halogens is 6. The highest BCUT2D eigenvalue weighted by atomic mass is 127. The molecule has 0 saturated carbocycles. The van der Waals surface area contributed by atoms with Crippen molar-refractivity contribution in [2.24, 2.45) is 0 Å². The van der Waals surface area contributed by atoms with Gasteiger partial charge < -0.3 is 4.90 Å². The summed E-state index contributed by atoms with van der Waals surface area (Å²) in [6.45, 7) is -1.50. The number of hydrogen-bond donors (Lipinski definition) is 0. The van der Waals surface area contributed by atoms with Crippen LogP contribution in [0.25, 0.3) is 0 Å². The summed E-state index contributed by atoms with van der Waals surface area (Å²) in [6, 6.07) is 2.69. The average Bonchev–Trinajstić information content (AvgIpc) is 2.23. The van der Waals surface area contributed by atoms with E-state index in [0.717, 1.165) is 17.0 Å². The zero-order chi connectivity index (χ0) is 14.4. The van der Waals surface area contributed by atoms with Crippen molar-refractivity contribution in [2.45, 2.75) is 12.1 Å². The number of likely N-dealkylation sites (tertiary alicyclic amines) is 1. The van der Waals surface area contributed by atoms with E-state index in [1.807, 2.05) is 0 Å². The first-order valence-electron chi connectivity index (χ1n) is 5.14. The van der Waals surface area contributed by atoms with E-state index < -0.39 is 36.7 Å². The van der Waals surface area contributed by atoms with Crippen molar-refractivity contribution in [3.63, 3.8) is 0 Å². The summed E-state index contributed by atoms with van der Waals surface area (Å²) < 4.78 is 63.2. The molecule has 8 heteroatoms. The normalized spacial score (nSPS) is 18.1. The van der Waals surface area contributed by atoms with Gasteiger partial charge in [-0.25, -0.2) is 8.78 Å². The van der Waals surface area contributed by atoms with Crippen molar-refractivity contribution in [3.05, 3.63) is 32.9 Å². The highest BCUT2D eigenvalue weighted by Gasteiger charge is 2.46. The van der Waals surface area contributed by atoms with Gasteiger partial charge >= 0.3 is 6.18 Å². The predicted molar refractivity (Wildman–Crippen MR) is 65.0 cm³/mol. The van der Waals surface area contributed by atoms with E-state index in [0.29, 0.717) is 9.64 Å². The maximum Gasteiger partial charge on any atom is 0.416 e. The highest BCUT2D eigenvalue weighted by Crippen LogP contribution is 2.33. The van der Waals surface area contributed by atoms with Gasteiger partial charge in [-0.15, -0.1) is 0 Å². The topological polar surface area (TPSA) is 20.3 Å². The lowest BCUT2D eigenvalue weighted by Gasteiger charge is -2.38. The zero-order valence-electron chi connectivity index (χ0n) is 9.27. The summed E-state index contributed by atoms with van der Waals surface area (Å²) >= 11 is 1.70. The van der Waals surface area contributed by atoms with Gasteiger partial charge in [-0.1, -0.05) is 0 Å². The molecule has 0 aliphatic carbocycles. The van der Waals surface area contributed by atoms with Crippen molar-refractivity contribution in [1.29, 1.82) is 0 Å². The van der Waals surface area contributed by atoms with Crippen LogP contribution in [-0.4, -0.2) is 29.8 Å². The standard InChI is InChI=1S/C11H7F5INO/c12-10(13)4-18(5-10)9(19)7-3-6(11(14,15)16)1-2-8(7)17/h1-3H,4-5H2. The second kappa shape index (κ2) is 4.57. The molecule has 1 aromatic carbocycles. The van der Waals surface area contributed by atoms with Gasteiger partial charge in [0, 0.05) is 3.57 Å². The Balaban J connectivity index is 2.27. The fourth-order valence-corrected chi connectivity index (χ4v) is 2.26. The van der Waals surface area contributed by atoms with Crippen LogP contribution in [-0.2, 0) is 6.18 Å². The van der Waals surface area contributed by atoms with Crippen LogP contribution in [0.2, 0.25) is 0 Å². The molecule has 1 aromatic rings. The minimum atomic E-state index is -4.57. The molecule has 1 fully saturated rings. The number of alkyl halides is 5. The lowest BCUT2D eigenvalue weighted by atomic mass is 10.1. The van der Waals surface area contributed by atoms with Crippen LogP contribution >= 0.6 is 22.6 Å². The molecule has 1 aliphatic rings. The highest BCUT2D eigenvalue weighted by molar-refractivity contribution is 14.1. The molecule has 104 valence electrons. The van der Waals surface area contributed by atoms with Crippen LogP contribution in [0.1, 0.15) is 15.9 Å². The summed E-state index contributed by atoms with van der Waals surface area (Å²) in [4.78, 5) is 12.7. The van der Waals surface area contributed by atoms with Crippen LogP contribution < -0.4 is 0 Å². The fraction of sp³-hybridized carbons (Fsp3) is 0.364. The summed E-state index contributed by atoms with van der Waals surface area (Å²) in [6.07, 6.45) is -4.57. The molecule has 19 heavy (non-hydrogen) atoms. The summed E-state index contributed by atoms with van der Waals surface area (Å²) in [5.41, 5.74) is -1.17. The molecule has 2 nitrogen and oxygen atoms in total. The number of amides is 1. The second-order valence-corrected chi connectivity index (χ2v) is 5.37. The maximum atomic E-state index is 12.7. The molecule has 1 heterocycles. The van der Waals surface area contributed by atoms with Gasteiger partial charge in [0.05, 0.1) is 24.2 Å². The minimum Gasteiger partial charge on any atom is -0.326 e. The average molecular weight is 391 g/mol. The Morgan fingerprint density at radius 1 is 1.26 bits per heavy atom.